The van der Waals surface area contributed by atoms with Crippen LogP contribution < -0.4 is 0 Å². The standard InChI is InChI=1S/C34H51NO7/c1-21(10-14-31-32(38)34(20-40-34)19-25(5)41-31)9-12-27-16-23(3)28(17-22(27)2)18-29(37)13-11-24(4)42-33(39)35-15-7-8-30(35)26(6)36/h9-11,13-14,22-25,27-28,30-32,38H,7-8,12,15-20H2,1-6H3/b13-11-,14-10+,21-9+/t22-,23-,24-,25-,27+,28-,30?,31?,32+,34+/m0/s1. The number of nitrogens with zero attached hydrogens (tertiary/aromatic N) is 1. The number of epoxide rings is 1. The molecule has 1 amide bonds. The number of hydrogen-bond acceptors (Lipinski definition) is 7. The van der Waals surface area contributed by atoms with Crippen LogP contribution in [0.5, 0.6) is 0 Å². The molecule has 1 spiro atoms. The summed E-state index contributed by atoms with van der Waals surface area (Å²) in [7, 11) is 0. The van der Waals surface area contributed by atoms with Gasteiger partial charge in [0.1, 0.15) is 23.9 Å². The van der Waals surface area contributed by atoms with Crippen LogP contribution in [0.2, 0.25) is 0 Å². The van der Waals surface area contributed by atoms with Gasteiger partial charge in [-0.15, -0.1) is 0 Å². The van der Waals surface area contributed by atoms with Crippen molar-refractivity contribution in [2.75, 3.05) is 13.2 Å². The van der Waals surface area contributed by atoms with Crippen LogP contribution in [0.15, 0.2) is 36.0 Å². The normalized spacial score (nSPS) is 37.9. The summed E-state index contributed by atoms with van der Waals surface area (Å²) in [5, 5.41) is 10.7. The molecular formula is C34H51NO7. The van der Waals surface area contributed by atoms with Crippen LogP contribution in [0.1, 0.15) is 86.5 Å². The number of carbonyl (C=O) groups excluding carboxylic acids is 3. The van der Waals surface area contributed by atoms with Crippen molar-refractivity contribution in [1.82, 2.24) is 4.90 Å². The first-order valence-corrected chi connectivity index (χ1v) is 15.9. The van der Waals surface area contributed by atoms with Gasteiger partial charge >= 0.3 is 6.09 Å². The zero-order valence-electron chi connectivity index (χ0n) is 26.3. The molecule has 0 aromatic carbocycles. The van der Waals surface area contributed by atoms with Crippen LogP contribution in [0.3, 0.4) is 0 Å². The topological polar surface area (TPSA) is 106 Å². The van der Waals surface area contributed by atoms with Gasteiger partial charge in [-0.2, -0.15) is 0 Å². The number of hydrogen-bond donors (Lipinski definition) is 1. The Balaban J connectivity index is 1.20. The molecule has 0 radical (unpaired) electrons. The molecule has 234 valence electrons. The number of carbonyl (C=O) groups is 3. The molecule has 2 unspecified atom stereocenters. The van der Waals surface area contributed by atoms with Crippen molar-refractivity contribution in [1.29, 1.82) is 0 Å². The molecule has 0 aromatic rings. The second kappa shape index (κ2) is 14.0. The fourth-order valence-corrected chi connectivity index (χ4v) is 7.14. The van der Waals surface area contributed by atoms with Crippen LogP contribution >= 0.6 is 0 Å². The number of rotatable bonds is 10. The second-order valence-corrected chi connectivity index (χ2v) is 13.5. The van der Waals surface area contributed by atoms with E-state index in [0.717, 1.165) is 37.7 Å². The zero-order chi connectivity index (χ0) is 30.6. The van der Waals surface area contributed by atoms with Gasteiger partial charge in [0.15, 0.2) is 11.6 Å². The molecule has 0 aromatic heterocycles. The van der Waals surface area contributed by atoms with Gasteiger partial charge in [0.05, 0.1) is 18.8 Å². The lowest BCUT2D eigenvalue weighted by molar-refractivity contribution is -0.126. The molecule has 1 N–H and O–H groups in total. The average molecular weight is 586 g/mol. The Morgan fingerprint density at radius 2 is 1.79 bits per heavy atom. The Hall–Kier alpha value is -2.29. The van der Waals surface area contributed by atoms with E-state index in [-0.39, 0.29) is 23.8 Å². The van der Waals surface area contributed by atoms with Crippen LogP contribution in [0.25, 0.3) is 0 Å². The molecule has 0 bridgehead atoms. The second-order valence-electron chi connectivity index (χ2n) is 13.5. The lowest BCUT2D eigenvalue weighted by Gasteiger charge is -2.38. The highest BCUT2D eigenvalue weighted by Gasteiger charge is 2.57. The largest absolute Gasteiger partial charge is 0.442 e. The van der Waals surface area contributed by atoms with E-state index < -0.39 is 29.9 Å². The van der Waals surface area contributed by atoms with Gasteiger partial charge in [0, 0.05) is 19.4 Å². The molecule has 10 atom stereocenters. The van der Waals surface area contributed by atoms with Gasteiger partial charge in [0.25, 0.3) is 0 Å². The van der Waals surface area contributed by atoms with Crippen molar-refractivity contribution in [3.05, 3.63) is 36.0 Å². The first-order chi connectivity index (χ1) is 19.9. The summed E-state index contributed by atoms with van der Waals surface area (Å²) in [5.41, 5.74) is 0.749. The summed E-state index contributed by atoms with van der Waals surface area (Å²) >= 11 is 0. The van der Waals surface area contributed by atoms with E-state index in [2.05, 4.69) is 32.9 Å². The molecule has 3 saturated heterocycles. The predicted molar refractivity (Wildman–Crippen MR) is 161 cm³/mol. The third-order valence-corrected chi connectivity index (χ3v) is 9.90. The first kappa shape index (κ1) is 32.6. The molecule has 4 aliphatic rings. The van der Waals surface area contributed by atoms with E-state index in [4.69, 9.17) is 14.2 Å². The van der Waals surface area contributed by atoms with Gasteiger partial charge in [-0.3, -0.25) is 14.5 Å². The number of aliphatic hydroxyl groups excluding tert-OH is 1. The molecule has 8 nitrogen and oxygen atoms in total. The molecule has 1 saturated carbocycles. The molecule has 1 aliphatic carbocycles. The average Bonchev–Trinajstić information content (AvgIpc) is 3.50. The number of likely N-dealkylation sites (tertiary alicyclic amines) is 1. The van der Waals surface area contributed by atoms with E-state index in [1.165, 1.54) is 11.8 Å². The SMILES string of the molecule is CC(=O)C1CCCN1C(=O)O[C@@H](C)/C=C\C(=O)C[C@@H]1C[C@H](C)[C@H](C/C=C(C)/C=C/C2O[C@@H](C)C[C@@]3(CO3)[C@@H]2O)C[C@@H]1C. The summed E-state index contributed by atoms with van der Waals surface area (Å²) in [4.78, 5) is 38.6. The van der Waals surface area contributed by atoms with E-state index in [0.29, 0.717) is 49.7 Å². The smallest absolute Gasteiger partial charge is 0.410 e. The fraction of sp³-hybridized carbons (Fsp3) is 0.735. The Kier molecular flexibility index (Phi) is 10.9. The maximum atomic E-state index is 12.8. The molecular weight excluding hydrogens is 534 g/mol. The zero-order valence-corrected chi connectivity index (χ0v) is 26.3. The summed E-state index contributed by atoms with van der Waals surface area (Å²) in [6.07, 6.45) is 13.4. The number of ketones is 2. The van der Waals surface area contributed by atoms with Crippen molar-refractivity contribution in [3.8, 4) is 0 Å². The van der Waals surface area contributed by atoms with Gasteiger partial charge in [-0.25, -0.2) is 4.79 Å². The van der Waals surface area contributed by atoms with Crippen LogP contribution in [-0.4, -0.2) is 76.9 Å². The van der Waals surface area contributed by atoms with Gasteiger partial charge in [-0.05, 0) is 95.6 Å². The van der Waals surface area contributed by atoms with Crippen molar-refractivity contribution < 1.29 is 33.7 Å². The van der Waals surface area contributed by atoms with E-state index in [1.807, 2.05) is 13.0 Å². The monoisotopic (exact) mass is 585 g/mol. The Morgan fingerprint density at radius 1 is 1.10 bits per heavy atom. The minimum Gasteiger partial charge on any atom is -0.442 e. The lowest BCUT2D eigenvalue weighted by atomic mass is 9.67. The van der Waals surface area contributed by atoms with Crippen molar-refractivity contribution in [2.45, 2.75) is 123 Å². The van der Waals surface area contributed by atoms with Crippen molar-refractivity contribution in [2.24, 2.45) is 23.7 Å². The molecule has 4 rings (SSSR count). The Bertz CT molecular complexity index is 1080. The van der Waals surface area contributed by atoms with Gasteiger partial charge in [0.2, 0.25) is 0 Å². The van der Waals surface area contributed by atoms with Gasteiger partial charge < -0.3 is 19.3 Å². The van der Waals surface area contributed by atoms with E-state index >= 15 is 0 Å². The highest BCUT2D eigenvalue weighted by atomic mass is 16.6. The molecule has 42 heavy (non-hydrogen) atoms. The fourth-order valence-electron chi connectivity index (χ4n) is 7.14. The van der Waals surface area contributed by atoms with Crippen molar-refractivity contribution in [3.63, 3.8) is 0 Å². The first-order valence-electron chi connectivity index (χ1n) is 15.9. The summed E-state index contributed by atoms with van der Waals surface area (Å²) in [6.45, 7) is 13.0. The highest BCUT2D eigenvalue weighted by Crippen LogP contribution is 2.43. The summed E-state index contributed by atoms with van der Waals surface area (Å²) < 4.78 is 17.0. The minimum atomic E-state index is -0.625. The molecule has 3 aliphatic heterocycles. The van der Waals surface area contributed by atoms with E-state index in [9.17, 15) is 19.5 Å². The molecule has 8 heteroatoms. The molecule has 4 fully saturated rings. The summed E-state index contributed by atoms with van der Waals surface area (Å²) in [6, 6.07) is -0.399. The maximum Gasteiger partial charge on any atom is 0.410 e. The Labute approximate surface area is 251 Å². The molecule has 3 heterocycles. The summed E-state index contributed by atoms with van der Waals surface area (Å²) in [5.74, 6) is 1.90. The third-order valence-electron chi connectivity index (χ3n) is 9.90. The quantitative estimate of drug-likeness (QED) is 0.203. The number of ether oxygens (including phenoxy) is 3. The van der Waals surface area contributed by atoms with Crippen molar-refractivity contribution >= 4 is 17.7 Å². The Morgan fingerprint density at radius 3 is 2.48 bits per heavy atom. The third kappa shape index (κ3) is 8.20. The lowest BCUT2D eigenvalue weighted by Crippen LogP contribution is -2.49. The van der Waals surface area contributed by atoms with Crippen LogP contribution in [0.4, 0.5) is 4.79 Å². The van der Waals surface area contributed by atoms with E-state index in [1.54, 1.807) is 19.1 Å². The number of Topliss-reactive ketones (excluding diaryl/α,β-unsaturated/α-hetero) is 1. The predicted octanol–water partition coefficient (Wildman–Crippen LogP) is 5.58. The number of allylic oxidation sites excluding steroid dienone is 4. The maximum absolute atomic E-state index is 12.8. The minimum absolute atomic E-state index is 0.0220. The van der Waals surface area contributed by atoms with Crippen LogP contribution in [0, 0.1) is 23.7 Å². The van der Waals surface area contributed by atoms with Crippen LogP contribution in [-0.2, 0) is 23.8 Å². The number of amides is 1. The highest BCUT2D eigenvalue weighted by molar-refractivity contribution is 5.90. The van der Waals surface area contributed by atoms with Gasteiger partial charge in [-0.1, -0.05) is 37.6 Å². The number of aliphatic hydroxyl groups is 1.